The molecule has 21 heteroatoms. The van der Waals surface area contributed by atoms with E-state index in [2.05, 4.69) is 22.9 Å². The maximum atomic E-state index is 11.1. The summed E-state index contributed by atoms with van der Waals surface area (Å²) in [5.74, 6) is -1.36. The van der Waals surface area contributed by atoms with E-state index in [0.29, 0.717) is 0 Å². The van der Waals surface area contributed by atoms with Gasteiger partial charge in [-0.15, -0.1) is 0 Å². The summed E-state index contributed by atoms with van der Waals surface area (Å²) in [6.45, 7) is 0. The smallest absolute Gasteiger partial charge is 0.281 e. The average molecular weight is 853 g/mol. The van der Waals surface area contributed by atoms with Crippen LogP contribution in [0.2, 0.25) is 0 Å². The highest BCUT2D eigenvalue weighted by atomic mass is 35.5. The third-order valence-electron chi connectivity index (χ3n) is 10.9. The zero-order valence-electron chi connectivity index (χ0n) is 32.0. The van der Waals surface area contributed by atoms with E-state index in [0.717, 1.165) is 103 Å². The maximum Gasteiger partial charge on any atom is 0.281 e. The molecule has 0 aromatic heterocycles. The first-order valence-electron chi connectivity index (χ1n) is 17.2. The molecule has 22 N–H and O–H groups in total. The topological polar surface area (TPSA) is 351 Å². The molecule has 0 aromatic carbocycles. The molecule has 0 unspecified atom stereocenters. The number of quaternary nitrogens is 4. The minimum Gasteiger partial charge on any atom is -1.00 e. The van der Waals surface area contributed by atoms with Crippen LogP contribution in [0, 0.1) is 0 Å². The number of nitrogens with two attached hydrogens (primary N) is 4. The molecule has 0 aliphatic heterocycles. The number of hydrogen-bond acceptors (Lipinski definition) is 8. The molecule has 4 saturated carbocycles. The van der Waals surface area contributed by atoms with E-state index in [1.807, 2.05) is 0 Å². The molecular formula is C32H70Cl4N8O9. The molecule has 4 fully saturated rings. The molecule has 0 spiro atoms. The van der Waals surface area contributed by atoms with Crippen LogP contribution in [-0.4, -0.2) is 104 Å². The Bertz CT molecular complexity index is 919. The minimum atomic E-state index is -0.688. The molecule has 320 valence electrons. The average Bonchev–Trinajstić information content (AvgIpc) is 3.06. The van der Waals surface area contributed by atoms with Gasteiger partial charge in [-0.3, -0.25) is 19.2 Å². The lowest BCUT2D eigenvalue weighted by molar-refractivity contribution is -0.482. The van der Waals surface area contributed by atoms with Crippen LogP contribution in [0.5, 0.6) is 0 Å². The lowest BCUT2D eigenvalue weighted by Crippen LogP contribution is -3.00. The Morgan fingerprint density at radius 1 is 0.415 bits per heavy atom. The van der Waals surface area contributed by atoms with Crippen LogP contribution >= 0.6 is 0 Å². The van der Waals surface area contributed by atoms with Gasteiger partial charge in [0.1, 0.15) is 24.4 Å². The van der Waals surface area contributed by atoms with Crippen LogP contribution in [0.25, 0.3) is 0 Å². The first kappa shape index (κ1) is 60.9. The second-order valence-electron chi connectivity index (χ2n) is 14.0. The number of carbonyl (C=O) groups is 4. The van der Waals surface area contributed by atoms with Gasteiger partial charge in [0.2, 0.25) is 0 Å². The van der Waals surface area contributed by atoms with E-state index < -0.39 is 22.2 Å². The summed E-state index contributed by atoms with van der Waals surface area (Å²) in [6, 6.07) is 0. The van der Waals surface area contributed by atoms with Crippen LogP contribution in [-0.2, 0) is 38.1 Å². The zero-order valence-corrected chi connectivity index (χ0v) is 35.1. The van der Waals surface area contributed by atoms with Gasteiger partial charge < -0.3 is 120 Å². The molecule has 8 atom stereocenters. The van der Waals surface area contributed by atoms with Gasteiger partial charge in [0.05, 0.1) is 0 Å². The lowest BCUT2D eigenvalue weighted by Gasteiger charge is -2.33. The maximum absolute atomic E-state index is 11.1. The molecule has 4 rings (SSSR count). The molecule has 0 radical (unpaired) electrons. The van der Waals surface area contributed by atoms with Crippen LogP contribution in [0.15, 0.2) is 0 Å². The van der Waals surface area contributed by atoms with Gasteiger partial charge in [0, 0.05) is 54.1 Å². The molecule has 53 heavy (non-hydrogen) atoms. The fourth-order valence-corrected chi connectivity index (χ4v) is 7.33. The van der Waals surface area contributed by atoms with Crippen molar-refractivity contribution in [3.63, 3.8) is 0 Å². The highest BCUT2D eigenvalue weighted by molar-refractivity contribution is 5.85. The molecule has 4 aliphatic rings. The van der Waals surface area contributed by atoms with Gasteiger partial charge in [0.25, 0.3) is 23.6 Å². The Labute approximate surface area is 339 Å². The van der Waals surface area contributed by atoms with Crippen molar-refractivity contribution >= 4 is 23.6 Å². The molecule has 0 aromatic rings. The second-order valence-corrected chi connectivity index (χ2v) is 14.0. The zero-order chi connectivity index (χ0) is 36.8. The van der Waals surface area contributed by atoms with Gasteiger partial charge in [0.15, 0.2) is 22.2 Å². The number of primary amides is 4. The van der Waals surface area contributed by atoms with Crippen molar-refractivity contribution in [3.8, 4) is 0 Å². The van der Waals surface area contributed by atoms with E-state index in [1.54, 1.807) is 28.4 Å². The predicted octanol–water partition coefficient (Wildman–Crippen LogP) is -16.6. The summed E-state index contributed by atoms with van der Waals surface area (Å²) >= 11 is 0. The third kappa shape index (κ3) is 16.0. The van der Waals surface area contributed by atoms with Gasteiger partial charge in [-0.1, -0.05) is 25.7 Å². The predicted molar refractivity (Wildman–Crippen MR) is 180 cm³/mol. The molecule has 4 aliphatic carbocycles. The largest absolute Gasteiger partial charge is 1.00 e. The highest BCUT2D eigenvalue weighted by Crippen LogP contribution is 2.29. The molecule has 0 saturated heterocycles. The fourth-order valence-electron chi connectivity index (χ4n) is 7.33. The molecular weight excluding hydrogens is 782 g/mol. The molecule has 0 bridgehead atoms. The van der Waals surface area contributed by atoms with E-state index in [4.69, 9.17) is 41.9 Å². The number of halogens is 4. The third-order valence-corrected chi connectivity index (χ3v) is 10.9. The second kappa shape index (κ2) is 28.1. The number of hydrogen-bond donors (Lipinski definition) is 8. The summed E-state index contributed by atoms with van der Waals surface area (Å²) in [4.78, 5) is 44.5. The van der Waals surface area contributed by atoms with Crippen LogP contribution in [0.4, 0.5) is 0 Å². The Hall–Kier alpha value is -1.32. The van der Waals surface area contributed by atoms with Crippen molar-refractivity contribution in [2.75, 3.05) is 28.4 Å². The van der Waals surface area contributed by atoms with Crippen LogP contribution in [0.1, 0.15) is 103 Å². The lowest BCUT2D eigenvalue weighted by atomic mass is 9.79. The summed E-state index contributed by atoms with van der Waals surface area (Å²) < 4.78 is 20.8. The standard InChI is InChI=1S/4C8H16N2O2.4ClH.H2O/c4*1-12-6-4-2-3-5-8(6,10)7(9)11;;;;;/h4*6H,2-5,10H2,1H3,(H2,9,11);4*1H;1H2/t4*6-,8+;;;;;/m1111...../s1. The normalized spacial score (nSPS) is 32.9. The van der Waals surface area contributed by atoms with Gasteiger partial charge in [-0.2, -0.15) is 0 Å². The van der Waals surface area contributed by atoms with Gasteiger partial charge in [-0.05, 0) is 51.4 Å². The Morgan fingerprint density at radius 3 is 0.660 bits per heavy atom. The summed E-state index contributed by atoms with van der Waals surface area (Å²) in [6.07, 6.45) is 14.7. The first-order valence-corrected chi connectivity index (χ1v) is 17.2. The Kier molecular flexibility index (Phi) is 32.3. The Morgan fingerprint density at radius 2 is 0.566 bits per heavy atom. The molecule has 17 nitrogen and oxygen atoms in total. The highest BCUT2D eigenvalue weighted by Gasteiger charge is 2.49. The van der Waals surface area contributed by atoms with Crippen molar-refractivity contribution in [3.05, 3.63) is 0 Å². The van der Waals surface area contributed by atoms with Gasteiger partial charge in [-0.25, -0.2) is 0 Å². The van der Waals surface area contributed by atoms with E-state index in [-0.39, 0.29) is 103 Å². The number of methoxy groups -OCH3 is 4. The molecule has 0 heterocycles. The summed E-state index contributed by atoms with van der Waals surface area (Å²) in [5, 5.41) is 0. The first-order chi connectivity index (χ1) is 22.4. The number of amides is 4. The fraction of sp³-hybridized carbons (Fsp3) is 0.875. The van der Waals surface area contributed by atoms with Crippen LogP contribution in [0.3, 0.4) is 0 Å². The van der Waals surface area contributed by atoms with Crippen molar-refractivity contribution in [1.29, 1.82) is 0 Å². The molecule has 4 amide bonds. The minimum absolute atomic E-state index is 0. The van der Waals surface area contributed by atoms with Crippen molar-refractivity contribution in [1.82, 2.24) is 0 Å². The van der Waals surface area contributed by atoms with Crippen molar-refractivity contribution in [2.24, 2.45) is 22.9 Å². The summed E-state index contributed by atoms with van der Waals surface area (Å²) in [5.41, 5.74) is 33.9. The van der Waals surface area contributed by atoms with Crippen LogP contribution < -0.4 is 95.5 Å². The van der Waals surface area contributed by atoms with Crippen molar-refractivity contribution < 1.29 is 116 Å². The van der Waals surface area contributed by atoms with Gasteiger partial charge >= 0.3 is 0 Å². The van der Waals surface area contributed by atoms with E-state index >= 15 is 0 Å². The number of carbonyl (C=O) groups excluding carboxylic acids is 4. The summed E-state index contributed by atoms with van der Waals surface area (Å²) in [7, 11) is 6.44. The Balaban J connectivity index is -0.000000187. The number of ether oxygens (including phenoxy) is 4. The van der Waals surface area contributed by atoms with E-state index in [9.17, 15) is 19.2 Å². The SMILES string of the molecule is CO[C@@H]1CCCC[C@@]1([NH3+])C(N)=O.CO[C@@H]1CCCC[C@@]1([NH3+])C(N)=O.CO[C@@H]1CCCC[C@@]1([NH3+])C(N)=O.CO[C@@H]1CCCC[C@@]1([NH3+])C(N)=O.O.[Cl-].[Cl-].[Cl-].[Cl-]. The quantitative estimate of drug-likeness (QED) is 0.116. The number of rotatable bonds is 8. The monoisotopic (exact) mass is 850 g/mol. The van der Waals surface area contributed by atoms with E-state index in [1.165, 1.54) is 0 Å². The van der Waals surface area contributed by atoms with Crippen molar-refractivity contribution in [2.45, 2.75) is 149 Å².